The second-order valence-electron chi connectivity index (χ2n) is 4.84. The van der Waals surface area contributed by atoms with Crippen molar-refractivity contribution >= 4 is 21.8 Å². The molecule has 1 amide bonds. The van der Waals surface area contributed by atoms with Crippen LogP contribution in [0.15, 0.2) is 0 Å². The van der Waals surface area contributed by atoms with Gasteiger partial charge in [-0.3, -0.25) is 4.79 Å². The van der Waals surface area contributed by atoms with Crippen LogP contribution in [0, 0.1) is 5.92 Å². The zero-order valence-corrected chi connectivity index (χ0v) is 12.2. The van der Waals surface area contributed by atoms with Crippen molar-refractivity contribution in [3.63, 3.8) is 0 Å². The Morgan fingerprint density at radius 1 is 1.26 bits per heavy atom. The lowest BCUT2D eigenvalue weighted by Gasteiger charge is -2.25. The Balaban J connectivity index is 2.02. The van der Waals surface area contributed by atoms with Crippen molar-refractivity contribution in [2.75, 3.05) is 19.8 Å². The summed E-state index contributed by atoms with van der Waals surface area (Å²) in [6.07, 6.45) is 0.000660. The molecule has 19 heavy (non-hydrogen) atoms. The molecule has 1 fully saturated rings. The standard InChI is InChI=1S/C12H19BrF3NO2/c13-10-3-1-9(2-4-10)7-17-11(18)5-6-19-8-12(14,15)16/h9-10H,1-8H2,(H,17,18). The van der Waals surface area contributed by atoms with E-state index in [0.29, 0.717) is 17.3 Å². The number of carbonyl (C=O) groups is 1. The van der Waals surface area contributed by atoms with E-state index < -0.39 is 12.8 Å². The summed E-state index contributed by atoms with van der Waals surface area (Å²) in [6.45, 7) is -0.882. The lowest BCUT2D eigenvalue weighted by molar-refractivity contribution is -0.174. The van der Waals surface area contributed by atoms with Crippen molar-refractivity contribution in [3.05, 3.63) is 0 Å². The van der Waals surface area contributed by atoms with E-state index in [9.17, 15) is 18.0 Å². The Hall–Kier alpha value is -0.300. The minimum Gasteiger partial charge on any atom is -0.372 e. The minimum atomic E-state index is -4.33. The zero-order valence-electron chi connectivity index (χ0n) is 10.6. The molecule has 0 aromatic heterocycles. The van der Waals surface area contributed by atoms with E-state index in [1.165, 1.54) is 0 Å². The van der Waals surface area contributed by atoms with E-state index >= 15 is 0 Å². The fourth-order valence-corrected chi connectivity index (χ4v) is 2.55. The summed E-state index contributed by atoms with van der Waals surface area (Å²) in [5.74, 6) is 0.233. The van der Waals surface area contributed by atoms with Gasteiger partial charge in [0.2, 0.25) is 5.91 Å². The number of carbonyl (C=O) groups excluding carboxylic acids is 1. The van der Waals surface area contributed by atoms with E-state index in [0.717, 1.165) is 25.7 Å². The van der Waals surface area contributed by atoms with Crippen LogP contribution in [0.1, 0.15) is 32.1 Å². The van der Waals surface area contributed by atoms with Crippen LogP contribution in [-0.2, 0) is 9.53 Å². The van der Waals surface area contributed by atoms with Gasteiger partial charge in [-0.1, -0.05) is 15.9 Å². The summed E-state index contributed by atoms with van der Waals surface area (Å²) in [4.78, 5) is 12.0. The third-order valence-electron chi connectivity index (χ3n) is 3.10. The van der Waals surface area contributed by atoms with Gasteiger partial charge < -0.3 is 10.1 Å². The van der Waals surface area contributed by atoms with Gasteiger partial charge in [0.25, 0.3) is 0 Å². The van der Waals surface area contributed by atoms with Crippen LogP contribution in [0.3, 0.4) is 0 Å². The van der Waals surface area contributed by atoms with E-state index in [2.05, 4.69) is 26.0 Å². The van der Waals surface area contributed by atoms with E-state index in [-0.39, 0.29) is 18.9 Å². The van der Waals surface area contributed by atoms with Crippen LogP contribution in [0.5, 0.6) is 0 Å². The van der Waals surface area contributed by atoms with Crippen molar-refractivity contribution in [2.24, 2.45) is 5.92 Å². The van der Waals surface area contributed by atoms with Gasteiger partial charge >= 0.3 is 6.18 Å². The predicted octanol–water partition coefficient (Wildman–Crippen LogP) is 3.03. The molecule has 1 rings (SSSR count). The number of hydrogen-bond acceptors (Lipinski definition) is 2. The van der Waals surface area contributed by atoms with Crippen molar-refractivity contribution < 1.29 is 22.7 Å². The van der Waals surface area contributed by atoms with Crippen LogP contribution < -0.4 is 5.32 Å². The molecular weight excluding hydrogens is 327 g/mol. The Labute approximate surface area is 119 Å². The number of hydrogen-bond donors (Lipinski definition) is 1. The normalized spacial score (nSPS) is 24.2. The molecule has 0 unspecified atom stereocenters. The molecule has 112 valence electrons. The number of alkyl halides is 4. The Morgan fingerprint density at radius 2 is 1.89 bits per heavy atom. The largest absolute Gasteiger partial charge is 0.411 e. The van der Waals surface area contributed by atoms with Gasteiger partial charge in [-0.05, 0) is 31.6 Å². The first-order chi connectivity index (χ1) is 8.87. The van der Waals surface area contributed by atoms with E-state index in [4.69, 9.17) is 0 Å². The summed E-state index contributed by atoms with van der Waals surface area (Å²) in [7, 11) is 0. The number of rotatable bonds is 6. The monoisotopic (exact) mass is 345 g/mol. The van der Waals surface area contributed by atoms with Crippen molar-refractivity contribution in [1.82, 2.24) is 5.32 Å². The van der Waals surface area contributed by atoms with Crippen LogP contribution in [0.25, 0.3) is 0 Å². The zero-order chi connectivity index (χ0) is 14.3. The predicted molar refractivity (Wildman–Crippen MR) is 69.2 cm³/mol. The van der Waals surface area contributed by atoms with Gasteiger partial charge in [0.05, 0.1) is 6.61 Å². The van der Waals surface area contributed by atoms with Crippen LogP contribution in [-0.4, -0.2) is 36.7 Å². The summed E-state index contributed by atoms with van der Waals surface area (Å²) >= 11 is 3.56. The molecule has 0 heterocycles. The molecule has 0 atom stereocenters. The van der Waals surface area contributed by atoms with Crippen molar-refractivity contribution in [3.8, 4) is 0 Å². The average molecular weight is 346 g/mol. The summed E-state index contributed by atoms with van der Waals surface area (Å²) in [5.41, 5.74) is 0. The topological polar surface area (TPSA) is 38.3 Å². The maximum Gasteiger partial charge on any atom is 0.411 e. The summed E-state index contributed by atoms with van der Waals surface area (Å²) < 4.78 is 39.7. The molecule has 0 saturated heterocycles. The molecule has 0 aromatic carbocycles. The summed E-state index contributed by atoms with van der Waals surface area (Å²) in [5, 5.41) is 2.75. The highest BCUT2D eigenvalue weighted by molar-refractivity contribution is 9.09. The van der Waals surface area contributed by atoms with Gasteiger partial charge in [0.15, 0.2) is 0 Å². The van der Waals surface area contributed by atoms with E-state index in [1.54, 1.807) is 0 Å². The van der Waals surface area contributed by atoms with Crippen molar-refractivity contribution in [2.45, 2.75) is 43.1 Å². The maximum absolute atomic E-state index is 11.8. The maximum atomic E-state index is 11.8. The number of nitrogens with one attached hydrogen (secondary N) is 1. The highest BCUT2D eigenvalue weighted by atomic mass is 79.9. The lowest BCUT2D eigenvalue weighted by Crippen LogP contribution is -2.32. The minimum absolute atomic E-state index is 0.0239. The SMILES string of the molecule is O=C(CCOCC(F)(F)F)NCC1CCC(Br)CC1. The first-order valence-electron chi connectivity index (χ1n) is 6.42. The molecule has 0 spiro atoms. The van der Waals surface area contributed by atoms with Crippen LogP contribution in [0.2, 0.25) is 0 Å². The first-order valence-corrected chi connectivity index (χ1v) is 7.33. The van der Waals surface area contributed by atoms with Crippen LogP contribution >= 0.6 is 15.9 Å². The number of ether oxygens (including phenoxy) is 1. The third kappa shape index (κ3) is 8.47. The number of halogens is 4. The molecule has 1 aliphatic carbocycles. The Morgan fingerprint density at radius 3 is 2.47 bits per heavy atom. The molecular formula is C12H19BrF3NO2. The smallest absolute Gasteiger partial charge is 0.372 e. The number of amides is 1. The van der Waals surface area contributed by atoms with Gasteiger partial charge in [0.1, 0.15) is 6.61 Å². The Bertz CT molecular complexity index is 279. The molecule has 7 heteroatoms. The Kier molecular flexibility index (Phi) is 7.13. The quantitative estimate of drug-likeness (QED) is 0.593. The molecule has 3 nitrogen and oxygen atoms in total. The molecule has 1 aliphatic rings. The van der Waals surface area contributed by atoms with Gasteiger partial charge in [0, 0.05) is 17.8 Å². The van der Waals surface area contributed by atoms with Crippen molar-refractivity contribution in [1.29, 1.82) is 0 Å². The highest BCUT2D eigenvalue weighted by Gasteiger charge is 2.27. The molecule has 0 radical (unpaired) electrons. The molecule has 1 N–H and O–H groups in total. The highest BCUT2D eigenvalue weighted by Crippen LogP contribution is 2.28. The van der Waals surface area contributed by atoms with Crippen LogP contribution in [0.4, 0.5) is 13.2 Å². The third-order valence-corrected chi connectivity index (χ3v) is 4.02. The lowest BCUT2D eigenvalue weighted by atomic mass is 9.89. The fraction of sp³-hybridized carbons (Fsp3) is 0.917. The average Bonchev–Trinajstić information content (AvgIpc) is 2.33. The van der Waals surface area contributed by atoms with Gasteiger partial charge in [-0.15, -0.1) is 0 Å². The van der Waals surface area contributed by atoms with Gasteiger partial charge in [-0.2, -0.15) is 13.2 Å². The van der Waals surface area contributed by atoms with E-state index in [1.807, 2.05) is 0 Å². The fourth-order valence-electron chi connectivity index (χ4n) is 2.03. The first kappa shape index (κ1) is 16.8. The molecule has 0 aliphatic heterocycles. The molecule has 0 bridgehead atoms. The summed E-state index contributed by atoms with van der Waals surface area (Å²) in [6, 6.07) is 0. The second kappa shape index (κ2) is 8.09. The van der Waals surface area contributed by atoms with Gasteiger partial charge in [-0.25, -0.2) is 0 Å². The molecule has 0 aromatic rings. The second-order valence-corrected chi connectivity index (χ2v) is 6.13. The molecule has 1 saturated carbocycles.